The fourth-order valence-corrected chi connectivity index (χ4v) is 2.88. The van der Waals surface area contributed by atoms with Gasteiger partial charge >= 0.3 is 5.97 Å². The third-order valence-electron chi connectivity index (χ3n) is 3.53. The van der Waals surface area contributed by atoms with Gasteiger partial charge in [0.05, 0.1) is 24.1 Å². The maximum atomic E-state index is 12.0. The molecule has 0 radical (unpaired) electrons. The molecule has 0 aliphatic rings. The van der Waals surface area contributed by atoms with Gasteiger partial charge in [-0.1, -0.05) is 29.8 Å². The van der Waals surface area contributed by atoms with E-state index in [9.17, 15) is 13.2 Å². The number of carboxylic acids is 1. The van der Waals surface area contributed by atoms with E-state index in [1.807, 2.05) is 31.2 Å². The summed E-state index contributed by atoms with van der Waals surface area (Å²) >= 11 is 0. The zero-order chi connectivity index (χ0) is 17.9. The number of hydrogen-bond acceptors (Lipinski definition) is 5. The van der Waals surface area contributed by atoms with Crippen molar-refractivity contribution in [1.82, 2.24) is 14.3 Å². The van der Waals surface area contributed by atoms with E-state index in [4.69, 9.17) is 5.11 Å². The van der Waals surface area contributed by atoms with Crippen LogP contribution >= 0.6 is 0 Å². The predicted molar refractivity (Wildman–Crippen MR) is 89.0 cm³/mol. The summed E-state index contributed by atoms with van der Waals surface area (Å²) in [6, 6.07) is 7.57. The minimum absolute atomic E-state index is 0.00295. The molecule has 1 heterocycles. The lowest BCUT2D eigenvalue weighted by molar-refractivity contribution is 0.0695. The molecule has 1 aromatic carbocycles. The van der Waals surface area contributed by atoms with Crippen LogP contribution in [0.25, 0.3) is 0 Å². The molecule has 0 aliphatic carbocycles. The Balaban J connectivity index is 2.25. The average molecular weight is 349 g/mol. The van der Waals surface area contributed by atoms with Crippen LogP contribution < -0.4 is 0 Å². The van der Waals surface area contributed by atoms with E-state index in [2.05, 4.69) is 9.97 Å². The number of nitrogens with zero attached hydrogens (tertiary/aromatic N) is 3. The van der Waals surface area contributed by atoms with E-state index in [1.165, 1.54) is 10.5 Å². The number of rotatable bonds is 6. The van der Waals surface area contributed by atoms with E-state index < -0.39 is 16.0 Å². The SMILES string of the molecule is Cc1ccc(CN(Cc2ncc(C(=O)O)c(C)n2)S(C)(=O)=O)cc1. The number of benzene rings is 1. The van der Waals surface area contributed by atoms with Gasteiger partial charge in [-0.15, -0.1) is 0 Å². The standard InChI is InChI=1S/C16H19N3O4S/c1-11-4-6-13(7-5-11)9-19(24(3,22)23)10-15-17-8-14(16(20)21)12(2)18-15/h4-8H,9-10H2,1-3H3,(H,20,21). The minimum atomic E-state index is -3.47. The second-order valence-corrected chi connectivity index (χ2v) is 7.59. The van der Waals surface area contributed by atoms with Gasteiger partial charge < -0.3 is 5.11 Å². The summed E-state index contributed by atoms with van der Waals surface area (Å²) in [5.74, 6) is -0.853. The van der Waals surface area contributed by atoms with Crippen molar-refractivity contribution in [2.45, 2.75) is 26.9 Å². The van der Waals surface area contributed by atoms with Crippen LogP contribution in [0.2, 0.25) is 0 Å². The number of carbonyl (C=O) groups is 1. The van der Waals surface area contributed by atoms with Crippen molar-refractivity contribution in [3.8, 4) is 0 Å². The quantitative estimate of drug-likeness (QED) is 0.853. The monoisotopic (exact) mass is 349 g/mol. The van der Waals surface area contributed by atoms with Gasteiger partial charge in [-0.2, -0.15) is 4.31 Å². The highest BCUT2D eigenvalue weighted by atomic mass is 32.2. The molecule has 2 rings (SSSR count). The lowest BCUT2D eigenvalue weighted by atomic mass is 10.1. The number of aromatic nitrogens is 2. The van der Waals surface area contributed by atoms with Gasteiger partial charge in [-0.25, -0.2) is 23.2 Å². The fraction of sp³-hybridized carbons (Fsp3) is 0.312. The first kappa shape index (κ1) is 18.0. The van der Waals surface area contributed by atoms with E-state index in [0.29, 0.717) is 5.69 Å². The molecule has 0 spiro atoms. The summed E-state index contributed by atoms with van der Waals surface area (Å²) in [4.78, 5) is 19.1. The largest absolute Gasteiger partial charge is 0.478 e. The highest BCUT2D eigenvalue weighted by Crippen LogP contribution is 2.13. The van der Waals surface area contributed by atoms with Crippen LogP contribution in [-0.2, 0) is 23.1 Å². The molecule has 24 heavy (non-hydrogen) atoms. The van der Waals surface area contributed by atoms with Gasteiger partial charge in [0.2, 0.25) is 10.0 Å². The molecule has 0 fully saturated rings. The highest BCUT2D eigenvalue weighted by molar-refractivity contribution is 7.88. The van der Waals surface area contributed by atoms with Crippen molar-refractivity contribution < 1.29 is 18.3 Å². The van der Waals surface area contributed by atoms with Crippen molar-refractivity contribution in [3.63, 3.8) is 0 Å². The molecule has 0 bridgehead atoms. The Hall–Kier alpha value is -2.32. The topological polar surface area (TPSA) is 100 Å². The average Bonchev–Trinajstić information content (AvgIpc) is 2.47. The molecular formula is C16H19N3O4S. The molecule has 1 N–H and O–H groups in total. The Morgan fingerprint density at radius 1 is 1.17 bits per heavy atom. The Kier molecular flexibility index (Phi) is 5.30. The van der Waals surface area contributed by atoms with Crippen LogP contribution in [0.5, 0.6) is 0 Å². The molecule has 0 saturated heterocycles. The Morgan fingerprint density at radius 2 is 1.79 bits per heavy atom. The highest BCUT2D eigenvalue weighted by Gasteiger charge is 2.20. The lowest BCUT2D eigenvalue weighted by Crippen LogP contribution is -2.30. The fourth-order valence-electron chi connectivity index (χ4n) is 2.15. The number of aryl methyl sites for hydroxylation is 2. The first-order valence-electron chi connectivity index (χ1n) is 7.23. The van der Waals surface area contributed by atoms with Crippen molar-refractivity contribution in [2.75, 3.05) is 6.26 Å². The molecule has 128 valence electrons. The van der Waals surface area contributed by atoms with Crippen LogP contribution in [0.15, 0.2) is 30.5 Å². The van der Waals surface area contributed by atoms with Crippen molar-refractivity contribution in [2.24, 2.45) is 0 Å². The van der Waals surface area contributed by atoms with Crippen molar-refractivity contribution in [3.05, 3.63) is 58.7 Å². The molecular weight excluding hydrogens is 330 g/mol. The van der Waals surface area contributed by atoms with Crippen LogP contribution in [0.3, 0.4) is 0 Å². The van der Waals surface area contributed by atoms with Gasteiger partial charge in [0.15, 0.2) is 0 Å². The molecule has 0 aliphatic heterocycles. The van der Waals surface area contributed by atoms with Crippen LogP contribution in [0.1, 0.15) is 33.0 Å². The summed E-state index contributed by atoms with van der Waals surface area (Å²) in [5.41, 5.74) is 2.25. The van der Waals surface area contributed by atoms with E-state index in [1.54, 1.807) is 6.92 Å². The van der Waals surface area contributed by atoms with E-state index >= 15 is 0 Å². The normalized spacial score (nSPS) is 11.7. The zero-order valence-corrected chi connectivity index (χ0v) is 14.5. The number of aromatic carboxylic acids is 1. The van der Waals surface area contributed by atoms with Crippen LogP contribution in [-0.4, -0.2) is 40.0 Å². The molecule has 2 aromatic rings. The number of sulfonamides is 1. The van der Waals surface area contributed by atoms with E-state index in [-0.39, 0.29) is 24.5 Å². The summed E-state index contributed by atoms with van der Waals surface area (Å²) < 4.78 is 25.3. The van der Waals surface area contributed by atoms with Crippen molar-refractivity contribution >= 4 is 16.0 Å². The van der Waals surface area contributed by atoms with Gasteiger partial charge in [-0.3, -0.25) is 0 Å². The van der Waals surface area contributed by atoms with Gasteiger partial charge in [0.25, 0.3) is 0 Å². The van der Waals surface area contributed by atoms with Crippen LogP contribution in [0.4, 0.5) is 0 Å². The first-order valence-corrected chi connectivity index (χ1v) is 9.08. The summed E-state index contributed by atoms with van der Waals surface area (Å²) in [7, 11) is -3.47. The first-order chi connectivity index (χ1) is 11.2. The summed E-state index contributed by atoms with van der Waals surface area (Å²) in [5, 5.41) is 9.00. The Bertz CT molecular complexity index is 848. The predicted octanol–water partition coefficient (Wildman–Crippen LogP) is 1.75. The summed E-state index contributed by atoms with van der Waals surface area (Å²) in [6.45, 7) is 3.69. The van der Waals surface area contributed by atoms with Crippen LogP contribution in [0, 0.1) is 13.8 Å². The number of hydrogen-bond donors (Lipinski definition) is 1. The third-order valence-corrected chi connectivity index (χ3v) is 4.72. The molecule has 0 unspecified atom stereocenters. The Labute approximate surface area is 141 Å². The molecule has 0 amide bonds. The molecule has 7 nitrogen and oxygen atoms in total. The smallest absolute Gasteiger partial charge is 0.339 e. The summed E-state index contributed by atoms with van der Waals surface area (Å²) in [6.07, 6.45) is 2.33. The third kappa shape index (κ3) is 4.59. The van der Waals surface area contributed by atoms with Gasteiger partial charge in [0, 0.05) is 12.7 Å². The Morgan fingerprint density at radius 3 is 2.29 bits per heavy atom. The minimum Gasteiger partial charge on any atom is -0.478 e. The van der Waals surface area contributed by atoms with Gasteiger partial charge in [0.1, 0.15) is 5.82 Å². The molecule has 0 saturated carbocycles. The second-order valence-electron chi connectivity index (χ2n) is 5.61. The zero-order valence-electron chi connectivity index (χ0n) is 13.7. The lowest BCUT2D eigenvalue weighted by Gasteiger charge is -2.19. The van der Waals surface area contributed by atoms with Gasteiger partial charge in [-0.05, 0) is 19.4 Å². The molecule has 0 atom stereocenters. The second kappa shape index (κ2) is 7.06. The molecule has 8 heteroatoms. The number of carboxylic acid groups (broad SMARTS) is 1. The van der Waals surface area contributed by atoms with Crippen molar-refractivity contribution in [1.29, 1.82) is 0 Å². The van der Waals surface area contributed by atoms with E-state index in [0.717, 1.165) is 17.4 Å². The molecule has 1 aromatic heterocycles. The maximum Gasteiger partial charge on any atom is 0.339 e. The maximum absolute atomic E-state index is 12.0.